The van der Waals surface area contributed by atoms with Gasteiger partial charge in [-0.1, -0.05) is 30.3 Å². The topological polar surface area (TPSA) is 61.4 Å². The molecule has 6 heteroatoms. The normalized spacial score (nSPS) is 13.7. The molecule has 0 saturated carbocycles. The molecule has 0 aromatic heterocycles. The summed E-state index contributed by atoms with van der Waals surface area (Å²) in [7, 11) is 0. The average molecular weight is 382 g/mol. The van der Waals surface area contributed by atoms with E-state index in [0.29, 0.717) is 5.56 Å². The number of amides is 2. The second-order valence-corrected chi connectivity index (χ2v) is 7.00. The van der Waals surface area contributed by atoms with Gasteiger partial charge < -0.3 is 15.5 Å². The summed E-state index contributed by atoms with van der Waals surface area (Å²) in [5.74, 6) is -0.101. The van der Waals surface area contributed by atoms with E-state index in [1.54, 1.807) is 24.3 Å². The minimum Gasteiger partial charge on any atom is -0.339 e. The van der Waals surface area contributed by atoms with Gasteiger partial charge in [0.15, 0.2) is 5.11 Å². The van der Waals surface area contributed by atoms with Crippen LogP contribution in [0.15, 0.2) is 54.6 Å². The van der Waals surface area contributed by atoms with E-state index in [9.17, 15) is 9.59 Å². The number of hydrogen-bond acceptors (Lipinski definition) is 3. The summed E-state index contributed by atoms with van der Waals surface area (Å²) in [6.45, 7) is 1.66. The third kappa shape index (κ3) is 5.62. The van der Waals surface area contributed by atoms with E-state index < -0.39 is 0 Å². The van der Waals surface area contributed by atoms with Crippen LogP contribution in [-0.4, -0.2) is 34.9 Å². The van der Waals surface area contributed by atoms with Crippen molar-refractivity contribution in [2.75, 3.05) is 18.4 Å². The second kappa shape index (κ2) is 9.28. The highest BCUT2D eigenvalue weighted by molar-refractivity contribution is 7.80. The molecule has 3 rings (SSSR count). The molecule has 2 amide bonds. The summed E-state index contributed by atoms with van der Waals surface area (Å²) in [4.78, 5) is 26.4. The zero-order valence-corrected chi connectivity index (χ0v) is 15.9. The number of piperidine rings is 1. The van der Waals surface area contributed by atoms with Crippen molar-refractivity contribution in [1.29, 1.82) is 0 Å². The van der Waals surface area contributed by atoms with Crippen LogP contribution in [0, 0.1) is 0 Å². The van der Waals surface area contributed by atoms with Crippen molar-refractivity contribution in [3.8, 4) is 0 Å². The summed E-state index contributed by atoms with van der Waals surface area (Å²) in [5.41, 5.74) is 2.33. The van der Waals surface area contributed by atoms with Gasteiger partial charge in [-0.15, -0.1) is 0 Å². The lowest BCUT2D eigenvalue weighted by atomic mass is 10.1. The largest absolute Gasteiger partial charge is 0.339 e. The Labute approximate surface area is 164 Å². The molecule has 0 spiro atoms. The number of anilines is 1. The highest BCUT2D eigenvalue weighted by Gasteiger charge is 2.17. The SMILES string of the molecule is O=C(Cc1ccccc1)NC(=S)Nc1ccc(C(=O)N2CCCCC2)cc1. The summed E-state index contributed by atoms with van der Waals surface area (Å²) in [6.07, 6.45) is 3.61. The maximum absolute atomic E-state index is 12.5. The van der Waals surface area contributed by atoms with Crippen molar-refractivity contribution in [3.63, 3.8) is 0 Å². The number of nitrogens with zero attached hydrogens (tertiary/aromatic N) is 1. The Kier molecular flexibility index (Phi) is 6.54. The minimum atomic E-state index is -0.171. The van der Waals surface area contributed by atoms with E-state index in [4.69, 9.17) is 12.2 Å². The molecule has 1 aliphatic rings. The Balaban J connectivity index is 1.50. The first-order valence-electron chi connectivity index (χ1n) is 9.16. The number of hydrogen-bond donors (Lipinski definition) is 2. The molecule has 0 radical (unpaired) electrons. The fourth-order valence-corrected chi connectivity index (χ4v) is 3.32. The first kappa shape index (κ1) is 19.0. The van der Waals surface area contributed by atoms with Gasteiger partial charge in [-0.25, -0.2) is 0 Å². The van der Waals surface area contributed by atoms with Crippen LogP contribution in [0.1, 0.15) is 35.2 Å². The summed E-state index contributed by atoms with van der Waals surface area (Å²) in [6, 6.07) is 16.7. The molecule has 1 aliphatic heterocycles. The van der Waals surface area contributed by atoms with Crippen molar-refractivity contribution < 1.29 is 9.59 Å². The highest BCUT2D eigenvalue weighted by atomic mass is 32.1. The van der Waals surface area contributed by atoms with Crippen molar-refractivity contribution >= 4 is 34.8 Å². The number of thiocarbonyl (C=S) groups is 1. The van der Waals surface area contributed by atoms with Crippen LogP contribution in [0.25, 0.3) is 0 Å². The minimum absolute atomic E-state index is 0.0694. The molecule has 140 valence electrons. The summed E-state index contributed by atoms with van der Waals surface area (Å²) >= 11 is 5.20. The van der Waals surface area contributed by atoms with Gasteiger partial charge in [0, 0.05) is 24.3 Å². The van der Waals surface area contributed by atoms with Crippen LogP contribution >= 0.6 is 12.2 Å². The molecule has 27 heavy (non-hydrogen) atoms. The van der Waals surface area contributed by atoms with Gasteiger partial charge in [0.05, 0.1) is 6.42 Å². The van der Waals surface area contributed by atoms with Crippen LogP contribution in [0.4, 0.5) is 5.69 Å². The molecule has 0 bridgehead atoms. The zero-order valence-electron chi connectivity index (χ0n) is 15.1. The number of rotatable bonds is 4. The Morgan fingerprint density at radius 1 is 0.926 bits per heavy atom. The Hall–Kier alpha value is -2.73. The molecule has 1 saturated heterocycles. The maximum Gasteiger partial charge on any atom is 0.253 e. The average Bonchev–Trinajstić information content (AvgIpc) is 2.69. The molecular weight excluding hydrogens is 358 g/mol. The Morgan fingerprint density at radius 3 is 2.26 bits per heavy atom. The van der Waals surface area contributed by atoms with Gasteiger partial charge >= 0.3 is 0 Å². The van der Waals surface area contributed by atoms with E-state index in [0.717, 1.165) is 37.2 Å². The molecule has 2 aromatic carbocycles. The van der Waals surface area contributed by atoms with Crippen LogP contribution in [0.3, 0.4) is 0 Å². The number of benzene rings is 2. The number of nitrogens with one attached hydrogen (secondary N) is 2. The zero-order chi connectivity index (χ0) is 19.1. The van der Waals surface area contributed by atoms with Crippen LogP contribution < -0.4 is 10.6 Å². The standard InChI is InChI=1S/C21H23N3O2S/c25-19(15-16-7-3-1-4-8-16)23-21(27)22-18-11-9-17(10-12-18)20(26)24-13-5-2-6-14-24/h1,3-4,7-12H,2,5-6,13-15H2,(H2,22,23,25,27). The van der Waals surface area contributed by atoms with Gasteiger partial charge in [-0.2, -0.15) is 0 Å². The third-order valence-electron chi connectivity index (χ3n) is 4.49. The lowest BCUT2D eigenvalue weighted by Crippen LogP contribution is -2.36. The van der Waals surface area contributed by atoms with E-state index >= 15 is 0 Å². The molecule has 0 aliphatic carbocycles. The van der Waals surface area contributed by atoms with E-state index in [2.05, 4.69) is 10.6 Å². The first-order valence-corrected chi connectivity index (χ1v) is 9.57. The van der Waals surface area contributed by atoms with Crippen molar-refractivity contribution in [2.24, 2.45) is 0 Å². The van der Waals surface area contributed by atoms with Gasteiger partial charge in [0.2, 0.25) is 5.91 Å². The van der Waals surface area contributed by atoms with Gasteiger partial charge in [0.25, 0.3) is 5.91 Å². The number of carbonyl (C=O) groups excluding carboxylic acids is 2. The number of likely N-dealkylation sites (tertiary alicyclic amines) is 1. The molecule has 0 unspecified atom stereocenters. The van der Waals surface area contributed by atoms with Crippen molar-refractivity contribution in [1.82, 2.24) is 10.2 Å². The summed E-state index contributed by atoms with van der Waals surface area (Å²) in [5, 5.41) is 5.89. The number of carbonyl (C=O) groups is 2. The lowest BCUT2D eigenvalue weighted by Gasteiger charge is -2.26. The quantitative estimate of drug-likeness (QED) is 0.797. The van der Waals surface area contributed by atoms with Gasteiger partial charge in [-0.05, 0) is 61.3 Å². The van der Waals surface area contributed by atoms with Crippen LogP contribution in [0.5, 0.6) is 0 Å². The molecule has 5 nitrogen and oxygen atoms in total. The van der Waals surface area contributed by atoms with Crippen molar-refractivity contribution in [3.05, 3.63) is 65.7 Å². The third-order valence-corrected chi connectivity index (χ3v) is 4.70. The molecule has 0 atom stereocenters. The monoisotopic (exact) mass is 381 g/mol. The van der Waals surface area contributed by atoms with E-state index in [-0.39, 0.29) is 23.3 Å². The smallest absolute Gasteiger partial charge is 0.253 e. The van der Waals surface area contributed by atoms with Crippen LogP contribution in [0.2, 0.25) is 0 Å². The lowest BCUT2D eigenvalue weighted by molar-refractivity contribution is -0.119. The predicted molar refractivity (Wildman–Crippen MR) is 111 cm³/mol. The molecule has 1 heterocycles. The molecular formula is C21H23N3O2S. The Morgan fingerprint density at radius 2 is 1.59 bits per heavy atom. The van der Waals surface area contributed by atoms with Gasteiger partial charge in [0.1, 0.15) is 0 Å². The first-order chi connectivity index (χ1) is 13.1. The fraction of sp³-hybridized carbons (Fsp3) is 0.286. The second-order valence-electron chi connectivity index (χ2n) is 6.59. The fourth-order valence-electron chi connectivity index (χ4n) is 3.09. The highest BCUT2D eigenvalue weighted by Crippen LogP contribution is 2.15. The Bertz CT molecular complexity index is 800. The summed E-state index contributed by atoms with van der Waals surface area (Å²) < 4.78 is 0. The molecule has 2 aromatic rings. The van der Waals surface area contributed by atoms with E-state index in [1.807, 2.05) is 35.2 Å². The van der Waals surface area contributed by atoms with Crippen LogP contribution in [-0.2, 0) is 11.2 Å². The molecule has 1 fully saturated rings. The van der Waals surface area contributed by atoms with E-state index in [1.165, 1.54) is 6.42 Å². The molecule has 2 N–H and O–H groups in total. The maximum atomic E-state index is 12.5. The van der Waals surface area contributed by atoms with Gasteiger partial charge in [-0.3, -0.25) is 9.59 Å². The predicted octanol–water partition coefficient (Wildman–Crippen LogP) is 3.37. The van der Waals surface area contributed by atoms with Crippen molar-refractivity contribution in [2.45, 2.75) is 25.7 Å².